The molecule has 0 atom stereocenters. The van der Waals surface area contributed by atoms with Crippen LogP contribution in [0.25, 0.3) is 21.5 Å². The number of alkyl halides is 3. The molecule has 0 unspecified atom stereocenters. The van der Waals surface area contributed by atoms with E-state index in [2.05, 4.69) is 159 Å². The fourth-order valence-electron chi connectivity index (χ4n) is 4.44. The largest absolute Gasteiger partial charge is 1.00 e. The Kier molecular flexibility index (Phi) is 32.5. The van der Waals surface area contributed by atoms with Crippen molar-refractivity contribution < 1.29 is 35.4 Å². The first-order valence-electron chi connectivity index (χ1n) is 13.2. The second kappa shape index (κ2) is 29.8. The van der Waals surface area contributed by atoms with Gasteiger partial charge in [0.15, 0.2) is 0 Å². The van der Waals surface area contributed by atoms with Crippen LogP contribution in [0.1, 0.15) is 18.6 Å². The van der Waals surface area contributed by atoms with Crippen LogP contribution in [0.15, 0.2) is 84.9 Å². The Hall–Kier alpha value is 2.07. The Morgan fingerprint density at radius 2 is 1.13 bits per heavy atom. The number of halogens is 5. The summed E-state index contributed by atoms with van der Waals surface area (Å²) in [5.41, 5.74) is 2.69. The molecular weight excluding hydrogens is 1060 g/mol. The van der Waals surface area contributed by atoms with E-state index in [4.69, 9.17) is 11.6 Å². The number of nitrogens with zero attached hydrogens (tertiary/aromatic N) is 2. The van der Waals surface area contributed by atoms with E-state index in [9.17, 15) is 0 Å². The second-order valence-corrected chi connectivity index (χ2v) is 19.0. The fourth-order valence-corrected chi connectivity index (χ4v) is 9.09. The Morgan fingerprint density at radius 1 is 0.733 bits per heavy atom. The quantitative estimate of drug-likeness (QED) is 0.0869. The van der Waals surface area contributed by atoms with Gasteiger partial charge in [-0.3, -0.25) is 9.83 Å². The average molecular weight is 1100 g/mol. The zero-order valence-corrected chi connectivity index (χ0v) is 37.7. The van der Waals surface area contributed by atoms with Gasteiger partial charge in [-0.15, -0.1) is 35.1 Å². The first kappa shape index (κ1) is 49.2. The van der Waals surface area contributed by atoms with E-state index in [1.807, 2.05) is 64.3 Å². The van der Waals surface area contributed by atoms with Crippen LogP contribution < -0.4 is 12.4 Å². The molecule has 2 fully saturated rings. The van der Waals surface area contributed by atoms with Gasteiger partial charge in [-0.2, -0.15) is 0 Å². The van der Waals surface area contributed by atoms with Crippen molar-refractivity contribution in [1.82, 2.24) is 4.90 Å². The van der Waals surface area contributed by atoms with Crippen molar-refractivity contribution in [2.24, 2.45) is 0 Å². The standard InChI is InChI=1S/C15H18NS2.C11H9Cl.C4H9NS2.CH2I2.CH2I.CH4.ClH.V/c1-16(10-17-12-18-11-16)9-14-7-4-6-13-5-2-3-8-15(13)14;12-8-10-6-3-5-9-4-1-2-7-11(9)10;1-5-2-6-4-7-3-5;2-1-3;1-2;;;/h2-8H,9-12H2,1H3;1-7H,8H2;2-4H2,1H3;1H2;1H2;1H4;1H;/q+1;;;;-1;;;/p-1. The van der Waals surface area contributed by atoms with Gasteiger partial charge in [-0.05, 0) is 34.2 Å². The van der Waals surface area contributed by atoms with Gasteiger partial charge in [0, 0.05) is 51.9 Å². The number of thioether (sulfide) groups is 4. The van der Waals surface area contributed by atoms with E-state index in [1.54, 1.807) is 0 Å². The van der Waals surface area contributed by atoms with Crippen LogP contribution >= 0.6 is 126 Å². The molecule has 251 valence electrons. The third-order valence-corrected chi connectivity index (χ3v) is 12.0. The van der Waals surface area contributed by atoms with Gasteiger partial charge in [0.2, 0.25) is 0 Å². The minimum atomic E-state index is 0. The molecular formula is C33H44Cl2I3N2S4V-. The first-order valence-corrected chi connectivity index (χ1v) is 22.9. The maximum absolute atomic E-state index is 5.81. The number of benzene rings is 4. The summed E-state index contributed by atoms with van der Waals surface area (Å²) in [6.45, 7) is 1.14. The van der Waals surface area contributed by atoms with Crippen LogP contribution in [0.5, 0.6) is 0 Å². The minimum Gasteiger partial charge on any atom is -1.00 e. The van der Waals surface area contributed by atoms with Crippen molar-refractivity contribution in [2.75, 3.05) is 50.2 Å². The molecule has 0 amide bonds. The Labute approximate surface area is 354 Å². The predicted octanol–water partition coefficient (Wildman–Crippen LogP) is 9.65. The zero-order valence-electron chi connectivity index (χ0n) is 25.0. The number of hydrogen-bond donors (Lipinski definition) is 0. The molecule has 0 spiro atoms. The van der Waals surface area contributed by atoms with E-state index in [0.29, 0.717) is 5.88 Å². The van der Waals surface area contributed by atoms with E-state index in [-0.39, 0.29) is 38.4 Å². The number of fused-ring (bicyclic) bond motifs is 2. The van der Waals surface area contributed by atoms with E-state index in [1.165, 1.54) is 68.8 Å². The molecule has 4 aromatic rings. The Morgan fingerprint density at radius 3 is 1.58 bits per heavy atom. The molecule has 6 rings (SSSR count). The molecule has 2 saturated heterocycles. The minimum absolute atomic E-state index is 0. The van der Waals surface area contributed by atoms with Crippen molar-refractivity contribution in [3.63, 3.8) is 0 Å². The molecule has 2 heterocycles. The summed E-state index contributed by atoms with van der Waals surface area (Å²) in [5.74, 6) is 5.48. The third-order valence-electron chi connectivity index (χ3n) is 6.22. The molecule has 0 bridgehead atoms. The van der Waals surface area contributed by atoms with Gasteiger partial charge < -0.3 is 39.5 Å². The number of quaternary nitrogens is 1. The molecule has 2 nitrogen and oxygen atoms in total. The van der Waals surface area contributed by atoms with Crippen LogP contribution in [-0.4, -0.2) is 59.6 Å². The summed E-state index contributed by atoms with van der Waals surface area (Å²) in [4.78, 5) is 5.54. The number of hydrogen-bond acceptors (Lipinski definition) is 5. The normalized spacial score (nSPS) is 14.8. The molecule has 2 aliphatic rings. The molecule has 4 aromatic carbocycles. The van der Waals surface area contributed by atoms with Gasteiger partial charge in [-0.25, -0.2) is 0 Å². The van der Waals surface area contributed by atoms with Gasteiger partial charge in [0.05, 0.1) is 9.48 Å². The smallest absolute Gasteiger partial charge is 0.127 e. The monoisotopic (exact) mass is 1100 g/mol. The first-order chi connectivity index (χ1) is 20.5. The van der Waals surface area contributed by atoms with E-state index < -0.39 is 0 Å². The van der Waals surface area contributed by atoms with Crippen molar-refractivity contribution in [1.29, 1.82) is 0 Å². The molecule has 45 heavy (non-hydrogen) atoms. The molecule has 0 aromatic heterocycles. The van der Waals surface area contributed by atoms with Crippen LogP contribution in [-0.2, 0) is 31.0 Å². The van der Waals surface area contributed by atoms with Crippen LogP contribution in [0.4, 0.5) is 0 Å². The van der Waals surface area contributed by atoms with Crippen molar-refractivity contribution in [3.8, 4) is 0 Å². The van der Waals surface area contributed by atoms with Crippen LogP contribution in [0.3, 0.4) is 0 Å². The van der Waals surface area contributed by atoms with Crippen LogP contribution in [0, 0.1) is 4.93 Å². The van der Waals surface area contributed by atoms with Gasteiger partial charge >= 0.3 is 0 Å². The molecule has 0 saturated carbocycles. The van der Waals surface area contributed by atoms with E-state index in [0.717, 1.165) is 11.0 Å². The van der Waals surface area contributed by atoms with Crippen molar-refractivity contribution >= 4 is 148 Å². The molecule has 12 heteroatoms. The SMILES string of the molecule is C.CN1CSCSC1.C[N+]1(Cc2cccc3ccccc23)CSCSC1.ClCc1cccc2ccccc12.ICI.[CH2-]I.[Cl-].[V]. The summed E-state index contributed by atoms with van der Waals surface area (Å²) < 4.78 is 2.33. The molecule has 2 aliphatic heterocycles. The summed E-state index contributed by atoms with van der Waals surface area (Å²) in [6, 6.07) is 29.9. The average Bonchev–Trinajstić information content (AvgIpc) is 3.03. The topological polar surface area (TPSA) is 3.24 Å². The zero-order chi connectivity index (χ0) is 30.6. The van der Waals surface area contributed by atoms with Crippen molar-refractivity contribution in [3.05, 3.63) is 101 Å². The predicted molar refractivity (Wildman–Crippen MR) is 234 cm³/mol. The summed E-state index contributed by atoms with van der Waals surface area (Å²) in [5, 5.41) is 7.83. The molecule has 0 aliphatic carbocycles. The van der Waals surface area contributed by atoms with Gasteiger partial charge in [0.25, 0.3) is 0 Å². The number of rotatable bonds is 3. The third kappa shape index (κ3) is 18.8. The molecule has 0 N–H and O–H groups in total. The summed E-state index contributed by atoms with van der Waals surface area (Å²) in [7, 11) is 4.53. The summed E-state index contributed by atoms with van der Waals surface area (Å²) in [6.07, 6.45) is 0. The van der Waals surface area contributed by atoms with Gasteiger partial charge in [-0.1, -0.05) is 161 Å². The summed E-state index contributed by atoms with van der Waals surface area (Å²) >= 11 is 20.4. The second-order valence-electron chi connectivity index (χ2n) is 9.71. The Bertz CT molecular complexity index is 1290. The maximum Gasteiger partial charge on any atom is 0.127 e. The molecule has 1 radical (unpaired) electrons. The van der Waals surface area contributed by atoms with Crippen LogP contribution in [0.2, 0.25) is 0 Å². The Balaban J connectivity index is 0. The maximum atomic E-state index is 5.81. The fraction of sp³-hybridized carbons (Fsp3) is 0.364. The van der Waals surface area contributed by atoms with Gasteiger partial charge in [0.1, 0.15) is 18.3 Å². The van der Waals surface area contributed by atoms with E-state index >= 15 is 0 Å². The van der Waals surface area contributed by atoms with Crippen molar-refractivity contribution in [2.45, 2.75) is 19.9 Å².